The minimum Gasteiger partial charge on any atom is -0.494 e. The van der Waals surface area contributed by atoms with Crippen molar-refractivity contribution in [3.05, 3.63) is 30.1 Å². The average Bonchev–Trinajstić information content (AvgIpc) is 2.71. The second-order valence-electron chi connectivity index (χ2n) is 7.05. The highest BCUT2D eigenvalue weighted by atomic mass is 19.1. The van der Waals surface area contributed by atoms with E-state index in [4.69, 9.17) is 9.73 Å². The first-order valence-electron chi connectivity index (χ1n) is 10.2. The minimum absolute atomic E-state index is 0.127. The third-order valence-electron chi connectivity index (χ3n) is 4.90. The molecule has 156 valence electrons. The molecule has 7 heteroatoms. The maximum absolute atomic E-state index is 12.9. The predicted molar refractivity (Wildman–Crippen MR) is 110 cm³/mol. The summed E-state index contributed by atoms with van der Waals surface area (Å²) in [6.45, 7) is 6.12. The lowest BCUT2D eigenvalue weighted by Crippen LogP contribution is -2.46. The first-order valence-corrected chi connectivity index (χ1v) is 10.2. The molecule has 1 aromatic rings. The van der Waals surface area contributed by atoms with Crippen LogP contribution in [-0.4, -0.2) is 56.6 Å². The van der Waals surface area contributed by atoms with Crippen LogP contribution in [0.4, 0.5) is 4.39 Å². The zero-order chi connectivity index (χ0) is 20.2. The fourth-order valence-electron chi connectivity index (χ4n) is 3.26. The molecule has 0 spiro atoms. The lowest BCUT2D eigenvalue weighted by Gasteiger charge is -2.34. The minimum atomic E-state index is -0.254. The Kier molecular flexibility index (Phi) is 9.59. The summed E-state index contributed by atoms with van der Waals surface area (Å²) in [6, 6.07) is 6.09. The van der Waals surface area contributed by atoms with Gasteiger partial charge in [-0.25, -0.2) is 4.39 Å². The molecular weight excluding hydrogens is 359 g/mol. The highest BCUT2D eigenvalue weighted by Gasteiger charge is 2.22. The molecular formula is C21H33FN4O2. The molecule has 1 amide bonds. The van der Waals surface area contributed by atoms with Gasteiger partial charge in [0.25, 0.3) is 0 Å². The molecule has 1 aliphatic heterocycles. The van der Waals surface area contributed by atoms with Gasteiger partial charge >= 0.3 is 0 Å². The zero-order valence-corrected chi connectivity index (χ0v) is 17.0. The van der Waals surface area contributed by atoms with Crippen molar-refractivity contribution in [2.45, 2.75) is 39.0 Å². The summed E-state index contributed by atoms with van der Waals surface area (Å²) < 4.78 is 18.5. The molecule has 1 aromatic carbocycles. The van der Waals surface area contributed by atoms with Crippen LogP contribution in [0.2, 0.25) is 0 Å². The smallest absolute Gasteiger partial charge is 0.220 e. The van der Waals surface area contributed by atoms with Crippen molar-refractivity contribution in [2.75, 3.05) is 39.8 Å². The summed E-state index contributed by atoms with van der Waals surface area (Å²) in [4.78, 5) is 18.6. The summed E-state index contributed by atoms with van der Waals surface area (Å²) in [5, 5.41) is 6.08. The quantitative estimate of drug-likeness (QED) is 0.385. The third kappa shape index (κ3) is 7.74. The number of piperidine rings is 1. The van der Waals surface area contributed by atoms with Crippen LogP contribution >= 0.6 is 0 Å². The molecule has 1 heterocycles. The number of ether oxygens (including phenoxy) is 1. The number of hydrogen-bond acceptors (Lipinski definition) is 3. The summed E-state index contributed by atoms with van der Waals surface area (Å²) in [5.74, 6) is 1.98. The molecule has 1 fully saturated rings. The van der Waals surface area contributed by atoms with Gasteiger partial charge in [0.15, 0.2) is 5.96 Å². The number of likely N-dealkylation sites (tertiary alicyclic amines) is 1. The van der Waals surface area contributed by atoms with E-state index in [9.17, 15) is 9.18 Å². The Morgan fingerprint density at radius 3 is 2.61 bits per heavy atom. The molecule has 6 nitrogen and oxygen atoms in total. The molecule has 0 aliphatic carbocycles. The van der Waals surface area contributed by atoms with Gasteiger partial charge in [-0.15, -0.1) is 0 Å². The summed E-state index contributed by atoms with van der Waals surface area (Å²) in [5.41, 5.74) is 0. The van der Waals surface area contributed by atoms with Crippen molar-refractivity contribution < 1.29 is 13.9 Å². The van der Waals surface area contributed by atoms with E-state index in [1.54, 1.807) is 19.2 Å². The fraction of sp³-hybridized carbons (Fsp3) is 0.619. The first-order chi connectivity index (χ1) is 13.6. The second kappa shape index (κ2) is 12.2. The summed E-state index contributed by atoms with van der Waals surface area (Å²) >= 11 is 0. The Balaban J connectivity index is 1.68. The lowest BCUT2D eigenvalue weighted by atomic mass is 9.93. The number of rotatable bonds is 9. The van der Waals surface area contributed by atoms with Gasteiger partial charge in [0, 0.05) is 39.6 Å². The van der Waals surface area contributed by atoms with Crippen LogP contribution in [0.5, 0.6) is 5.75 Å². The molecule has 0 aromatic heterocycles. The van der Waals surface area contributed by atoms with Crippen molar-refractivity contribution in [1.82, 2.24) is 15.5 Å². The van der Waals surface area contributed by atoms with Crippen molar-refractivity contribution in [3.8, 4) is 5.75 Å². The van der Waals surface area contributed by atoms with Gasteiger partial charge in [-0.3, -0.25) is 9.79 Å². The number of nitrogens with one attached hydrogen (secondary N) is 2. The van der Waals surface area contributed by atoms with E-state index in [1.165, 1.54) is 12.1 Å². The van der Waals surface area contributed by atoms with Crippen molar-refractivity contribution in [2.24, 2.45) is 10.9 Å². The molecule has 0 saturated carbocycles. The van der Waals surface area contributed by atoms with Gasteiger partial charge in [-0.1, -0.05) is 0 Å². The number of amides is 1. The van der Waals surface area contributed by atoms with E-state index in [-0.39, 0.29) is 11.7 Å². The molecule has 0 atom stereocenters. The van der Waals surface area contributed by atoms with E-state index in [2.05, 4.69) is 22.5 Å². The van der Waals surface area contributed by atoms with Crippen molar-refractivity contribution in [3.63, 3.8) is 0 Å². The van der Waals surface area contributed by atoms with Gasteiger partial charge < -0.3 is 20.3 Å². The maximum Gasteiger partial charge on any atom is 0.220 e. The van der Waals surface area contributed by atoms with Gasteiger partial charge in [0.05, 0.1) is 6.61 Å². The first kappa shape index (κ1) is 22.0. The second-order valence-corrected chi connectivity index (χ2v) is 7.05. The van der Waals surface area contributed by atoms with E-state index in [1.807, 2.05) is 0 Å². The van der Waals surface area contributed by atoms with Crippen LogP contribution in [0.15, 0.2) is 29.3 Å². The SMILES string of the molecule is CCNC(=NCCCCOc1ccc(F)cc1)N1CCC(CC(=O)NC)CC1. The van der Waals surface area contributed by atoms with Crippen LogP contribution in [0.25, 0.3) is 0 Å². The van der Waals surface area contributed by atoms with E-state index < -0.39 is 0 Å². The van der Waals surface area contributed by atoms with E-state index in [0.717, 1.165) is 57.8 Å². The number of halogens is 1. The van der Waals surface area contributed by atoms with Gasteiger partial charge in [-0.2, -0.15) is 0 Å². The van der Waals surface area contributed by atoms with Crippen molar-refractivity contribution >= 4 is 11.9 Å². The molecule has 0 radical (unpaired) electrons. The predicted octanol–water partition coefficient (Wildman–Crippen LogP) is 2.80. The molecule has 0 unspecified atom stereocenters. The standard InChI is InChI=1S/C21H33FN4O2/c1-3-24-21(26-13-10-17(11-14-26)16-20(27)23-2)25-12-4-5-15-28-19-8-6-18(22)7-9-19/h6-9,17H,3-5,10-16H2,1-2H3,(H,23,27)(H,24,25). The Labute approximate surface area is 167 Å². The molecule has 0 bridgehead atoms. The summed E-state index contributed by atoms with van der Waals surface area (Å²) in [7, 11) is 1.69. The molecule has 1 aliphatic rings. The molecule has 2 N–H and O–H groups in total. The Morgan fingerprint density at radius 1 is 1.25 bits per heavy atom. The number of nitrogens with zero attached hydrogens (tertiary/aromatic N) is 2. The van der Waals surface area contributed by atoms with Crippen molar-refractivity contribution in [1.29, 1.82) is 0 Å². The number of hydrogen-bond donors (Lipinski definition) is 2. The Hall–Kier alpha value is -2.31. The Bertz CT molecular complexity index is 613. The fourth-order valence-corrected chi connectivity index (χ4v) is 3.26. The van der Waals surface area contributed by atoms with Gasteiger partial charge in [0.2, 0.25) is 5.91 Å². The normalized spacial score (nSPS) is 15.4. The topological polar surface area (TPSA) is 66.0 Å². The molecule has 2 rings (SSSR count). The third-order valence-corrected chi connectivity index (χ3v) is 4.90. The number of aliphatic imine (C=N–C) groups is 1. The highest BCUT2D eigenvalue weighted by Crippen LogP contribution is 2.20. The zero-order valence-electron chi connectivity index (χ0n) is 17.0. The number of benzene rings is 1. The summed E-state index contributed by atoms with van der Waals surface area (Å²) in [6.07, 6.45) is 4.48. The van der Waals surface area contributed by atoms with Crippen LogP contribution in [-0.2, 0) is 4.79 Å². The molecule has 28 heavy (non-hydrogen) atoms. The lowest BCUT2D eigenvalue weighted by molar-refractivity contribution is -0.121. The van der Waals surface area contributed by atoms with Crippen LogP contribution in [0.1, 0.15) is 39.0 Å². The largest absolute Gasteiger partial charge is 0.494 e. The average molecular weight is 393 g/mol. The van der Waals surface area contributed by atoms with Gasteiger partial charge in [0.1, 0.15) is 11.6 Å². The monoisotopic (exact) mass is 392 g/mol. The van der Waals surface area contributed by atoms with Crippen LogP contribution in [0.3, 0.4) is 0 Å². The maximum atomic E-state index is 12.9. The van der Waals surface area contributed by atoms with Gasteiger partial charge in [-0.05, 0) is 62.8 Å². The molecule has 1 saturated heterocycles. The number of unbranched alkanes of at least 4 members (excludes halogenated alkanes) is 1. The van der Waals surface area contributed by atoms with Crippen LogP contribution in [0, 0.1) is 11.7 Å². The van der Waals surface area contributed by atoms with E-state index in [0.29, 0.717) is 24.7 Å². The Morgan fingerprint density at radius 2 is 1.96 bits per heavy atom. The number of carbonyl (C=O) groups is 1. The van der Waals surface area contributed by atoms with Crippen LogP contribution < -0.4 is 15.4 Å². The number of guanidine groups is 1. The highest BCUT2D eigenvalue weighted by molar-refractivity contribution is 5.80. The van der Waals surface area contributed by atoms with E-state index >= 15 is 0 Å². The number of carbonyl (C=O) groups excluding carboxylic acids is 1.